The van der Waals surface area contributed by atoms with E-state index in [-0.39, 0.29) is 17.7 Å². The molecule has 1 N–H and O–H groups in total. The van der Waals surface area contributed by atoms with Gasteiger partial charge < -0.3 is 5.32 Å². The summed E-state index contributed by atoms with van der Waals surface area (Å²) in [6.45, 7) is 0.622. The summed E-state index contributed by atoms with van der Waals surface area (Å²) in [5.74, 6) is 0.202. The molecule has 1 heterocycles. The zero-order valence-corrected chi connectivity index (χ0v) is 20.5. The summed E-state index contributed by atoms with van der Waals surface area (Å²) in [5, 5.41) is 14.1. The number of hydrogen-bond donors (Lipinski definition) is 1. The second-order valence-electron chi connectivity index (χ2n) is 9.00. The summed E-state index contributed by atoms with van der Waals surface area (Å²) >= 11 is 19.0. The second kappa shape index (κ2) is 9.12. The maximum absolute atomic E-state index is 13.4. The zero-order valence-electron chi connectivity index (χ0n) is 18.2. The maximum atomic E-state index is 13.4. The molecule has 34 heavy (non-hydrogen) atoms. The van der Waals surface area contributed by atoms with Crippen molar-refractivity contribution in [3.05, 3.63) is 110 Å². The Kier molecular flexibility index (Phi) is 6.16. The van der Waals surface area contributed by atoms with Gasteiger partial charge in [-0.2, -0.15) is 5.26 Å². The van der Waals surface area contributed by atoms with Gasteiger partial charge in [-0.05, 0) is 77.4 Å². The van der Waals surface area contributed by atoms with Crippen LogP contribution in [0.25, 0.3) is 5.57 Å². The van der Waals surface area contributed by atoms with Gasteiger partial charge in [0.05, 0.1) is 17.0 Å². The Labute approximate surface area is 214 Å². The molecule has 170 valence electrons. The number of nitrogens with zero attached hydrogens (tertiary/aromatic N) is 1. The third-order valence-corrected chi connectivity index (χ3v) is 7.86. The molecule has 1 fully saturated rings. The van der Waals surface area contributed by atoms with E-state index in [9.17, 15) is 4.79 Å². The molecule has 1 saturated heterocycles. The van der Waals surface area contributed by atoms with Crippen LogP contribution in [0, 0.1) is 22.7 Å². The van der Waals surface area contributed by atoms with Crippen molar-refractivity contribution in [3.63, 3.8) is 0 Å². The minimum Gasteiger partial charge on any atom is -0.355 e. The van der Waals surface area contributed by atoms with Crippen LogP contribution in [0.5, 0.6) is 0 Å². The predicted octanol–water partition coefficient (Wildman–Crippen LogP) is 7.06. The first-order valence-corrected chi connectivity index (χ1v) is 12.2. The van der Waals surface area contributed by atoms with Gasteiger partial charge in [-0.15, -0.1) is 0 Å². The third-order valence-electron chi connectivity index (χ3n) is 7.06. The first-order valence-electron chi connectivity index (χ1n) is 11.1. The Morgan fingerprint density at radius 1 is 0.971 bits per heavy atom. The van der Waals surface area contributed by atoms with Crippen molar-refractivity contribution in [2.75, 3.05) is 6.54 Å². The van der Waals surface area contributed by atoms with E-state index >= 15 is 0 Å². The minimum atomic E-state index is -0.699. The molecule has 1 aliphatic heterocycles. The number of carbonyl (C=O) groups excluding carboxylic acids is 1. The lowest BCUT2D eigenvalue weighted by atomic mass is 9.62. The fourth-order valence-corrected chi connectivity index (χ4v) is 5.97. The number of amides is 1. The van der Waals surface area contributed by atoms with Gasteiger partial charge in [0.2, 0.25) is 5.91 Å². The lowest BCUT2D eigenvalue weighted by molar-refractivity contribution is -0.126. The lowest BCUT2D eigenvalue weighted by Gasteiger charge is -2.39. The number of nitriles is 1. The largest absolute Gasteiger partial charge is 0.355 e. The van der Waals surface area contributed by atoms with Crippen molar-refractivity contribution in [2.24, 2.45) is 11.3 Å². The van der Waals surface area contributed by atoms with E-state index in [1.54, 1.807) is 18.2 Å². The van der Waals surface area contributed by atoms with Crippen molar-refractivity contribution in [2.45, 2.75) is 18.8 Å². The SMILES string of the molecule is N#Cc1ccc(C[C@@]23C=C(c4ccc(Cl)cc4Cl)[C@@H](c4ccc(Cl)cc4)C[C@@H]2CNC3=O)cc1. The highest BCUT2D eigenvalue weighted by Crippen LogP contribution is 2.53. The van der Waals surface area contributed by atoms with Crippen molar-refractivity contribution < 1.29 is 4.79 Å². The molecule has 0 saturated carbocycles. The third kappa shape index (κ3) is 4.12. The van der Waals surface area contributed by atoms with Crippen LogP contribution in [-0.4, -0.2) is 12.5 Å². The van der Waals surface area contributed by atoms with Gasteiger partial charge in [0.1, 0.15) is 0 Å². The smallest absolute Gasteiger partial charge is 0.230 e. The van der Waals surface area contributed by atoms with Crippen LogP contribution in [0.15, 0.2) is 72.8 Å². The highest BCUT2D eigenvalue weighted by Gasteiger charge is 2.52. The van der Waals surface area contributed by atoms with Crippen molar-refractivity contribution in [3.8, 4) is 6.07 Å². The van der Waals surface area contributed by atoms with Crippen molar-refractivity contribution >= 4 is 46.3 Å². The van der Waals surface area contributed by atoms with Crippen LogP contribution in [0.2, 0.25) is 15.1 Å². The van der Waals surface area contributed by atoms with Crippen LogP contribution in [0.4, 0.5) is 0 Å². The van der Waals surface area contributed by atoms with Crippen molar-refractivity contribution in [1.82, 2.24) is 5.32 Å². The van der Waals surface area contributed by atoms with Crippen LogP contribution < -0.4 is 5.32 Å². The number of rotatable bonds is 4. The summed E-state index contributed by atoms with van der Waals surface area (Å²) in [6, 6.07) is 23.0. The fraction of sp³-hybridized carbons (Fsp3) is 0.214. The highest BCUT2D eigenvalue weighted by atomic mass is 35.5. The van der Waals surface area contributed by atoms with Gasteiger partial charge in [0.25, 0.3) is 0 Å². The molecular weight excluding hydrogens is 487 g/mol. The zero-order chi connectivity index (χ0) is 23.9. The Balaban J connectivity index is 1.66. The van der Waals surface area contributed by atoms with Crippen LogP contribution in [-0.2, 0) is 11.2 Å². The van der Waals surface area contributed by atoms with E-state index in [4.69, 9.17) is 40.1 Å². The second-order valence-corrected chi connectivity index (χ2v) is 10.3. The molecule has 3 aromatic carbocycles. The van der Waals surface area contributed by atoms with Gasteiger partial charge >= 0.3 is 0 Å². The summed E-state index contributed by atoms with van der Waals surface area (Å²) in [6.07, 6.45) is 3.48. The number of hydrogen-bond acceptors (Lipinski definition) is 2. The molecular formula is C28H21Cl3N2O. The molecule has 1 amide bonds. The van der Waals surface area contributed by atoms with Gasteiger partial charge in [0.15, 0.2) is 0 Å². The number of benzene rings is 3. The average Bonchev–Trinajstić information content (AvgIpc) is 3.14. The Bertz CT molecular complexity index is 1330. The molecule has 3 nitrogen and oxygen atoms in total. The molecule has 3 atom stereocenters. The minimum absolute atomic E-state index is 0.0269. The topological polar surface area (TPSA) is 52.9 Å². The van der Waals surface area contributed by atoms with Crippen LogP contribution in [0.1, 0.15) is 34.6 Å². The predicted molar refractivity (Wildman–Crippen MR) is 137 cm³/mol. The van der Waals surface area contributed by atoms with Crippen molar-refractivity contribution in [1.29, 1.82) is 5.26 Å². The Hall–Kier alpha value is -2.77. The van der Waals surface area contributed by atoms with E-state index in [1.165, 1.54) is 0 Å². The number of carbonyl (C=O) groups is 1. The van der Waals surface area contributed by atoms with E-state index < -0.39 is 5.41 Å². The molecule has 5 rings (SSSR count). The maximum Gasteiger partial charge on any atom is 0.230 e. The summed E-state index contributed by atoms with van der Waals surface area (Å²) in [7, 11) is 0. The Morgan fingerprint density at radius 3 is 2.35 bits per heavy atom. The molecule has 2 aliphatic rings. The van der Waals surface area contributed by atoms with Gasteiger partial charge in [-0.3, -0.25) is 4.79 Å². The highest BCUT2D eigenvalue weighted by molar-refractivity contribution is 6.35. The Morgan fingerprint density at radius 2 is 1.68 bits per heavy atom. The molecule has 3 aromatic rings. The van der Waals surface area contributed by atoms with Crippen LogP contribution >= 0.6 is 34.8 Å². The summed E-state index contributed by atoms with van der Waals surface area (Å²) in [4.78, 5) is 13.4. The quantitative estimate of drug-likeness (QED) is 0.411. The first kappa shape index (κ1) is 23.0. The van der Waals surface area contributed by atoms with E-state index in [0.717, 1.165) is 28.7 Å². The molecule has 0 aromatic heterocycles. The number of fused-ring (bicyclic) bond motifs is 1. The molecule has 0 unspecified atom stereocenters. The van der Waals surface area contributed by atoms with Gasteiger partial charge in [-0.25, -0.2) is 0 Å². The number of allylic oxidation sites excluding steroid dienone is 1. The normalized spacial score (nSPS) is 23.6. The average molecular weight is 508 g/mol. The molecule has 0 spiro atoms. The number of halogens is 3. The number of nitrogens with one attached hydrogen (secondary N) is 1. The van der Waals surface area contributed by atoms with E-state index in [0.29, 0.717) is 33.6 Å². The van der Waals surface area contributed by atoms with E-state index in [2.05, 4.69) is 17.5 Å². The molecule has 0 bridgehead atoms. The lowest BCUT2D eigenvalue weighted by Crippen LogP contribution is -2.39. The standard InChI is InChI=1S/C28H21Cl3N2O/c29-21-7-5-19(6-8-21)24-11-20-16-33-27(34)28(20,13-17-1-3-18(15-32)4-2-17)14-25(24)23-10-9-22(30)12-26(23)31/h1-10,12,14,20,24H,11,13,16H2,(H,33,34)/t20-,24-,28-/m1/s1. The first-order chi connectivity index (χ1) is 16.4. The van der Waals surface area contributed by atoms with E-state index in [1.807, 2.05) is 48.5 Å². The van der Waals surface area contributed by atoms with Gasteiger partial charge in [0, 0.05) is 27.5 Å². The summed E-state index contributed by atoms with van der Waals surface area (Å²) < 4.78 is 0. The monoisotopic (exact) mass is 506 g/mol. The molecule has 1 aliphatic carbocycles. The molecule has 6 heteroatoms. The van der Waals surface area contributed by atoms with Gasteiger partial charge in [-0.1, -0.05) is 71.2 Å². The van der Waals surface area contributed by atoms with Crippen LogP contribution in [0.3, 0.4) is 0 Å². The molecule has 0 radical (unpaired) electrons. The fourth-order valence-electron chi connectivity index (χ4n) is 5.32. The summed E-state index contributed by atoms with van der Waals surface area (Å²) in [5.41, 5.74) is 3.95.